The second-order valence-corrected chi connectivity index (χ2v) is 6.77. The van der Waals surface area contributed by atoms with Gasteiger partial charge in [-0.3, -0.25) is 0 Å². The van der Waals surface area contributed by atoms with Crippen molar-refractivity contribution in [1.82, 2.24) is 9.78 Å². The minimum absolute atomic E-state index is 0.503. The molecule has 1 aromatic carbocycles. The molecule has 0 radical (unpaired) electrons. The van der Waals surface area contributed by atoms with Crippen LogP contribution < -0.4 is 5.73 Å². The first-order valence-electron chi connectivity index (χ1n) is 7.82. The number of carbonyl (C=O) groups is 1. The summed E-state index contributed by atoms with van der Waals surface area (Å²) in [6.07, 6.45) is 0.0975. The van der Waals surface area contributed by atoms with Gasteiger partial charge in [0.15, 0.2) is 0 Å². The molecule has 2 rings (SSSR count). The number of ether oxygens (including phenoxy) is 1. The van der Waals surface area contributed by atoms with Crippen molar-refractivity contribution in [3.63, 3.8) is 0 Å². The molecule has 0 fully saturated rings. The summed E-state index contributed by atoms with van der Waals surface area (Å²) in [6.45, 7) is 11.5. The van der Waals surface area contributed by atoms with Gasteiger partial charge in [-0.05, 0) is 46.6 Å². The van der Waals surface area contributed by atoms with E-state index in [0.717, 1.165) is 11.1 Å². The Morgan fingerprint density at radius 1 is 1.30 bits per heavy atom. The van der Waals surface area contributed by atoms with Crippen LogP contribution in [-0.2, 0) is 11.2 Å². The number of nitrogens with zero attached hydrogens (tertiary/aromatic N) is 2. The van der Waals surface area contributed by atoms with Crippen LogP contribution in [0.15, 0.2) is 18.2 Å². The number of carbonyl (C=O) groups excluding carboxylic acids is 1. The third-order valence-electron chi connectivity index (χ3n) is 3.56. The van der Waals surface area contributed by atoms with Crippen molar-refractivity contribution in [1.29, 1.82) is 0 Å². The largest absolute Gasteiger partial charge is 0.442 e. The van der Waals surface area contributed by atoms with E-state index < -0.39 is 11.7 Å². The van der Waals surface area contributed by atoms with E-state index in [1.165, 1.54) is 10.2 Å². The Morgan fingerprint density at radius 3 is 2.48 bits per heavy atom. The van der Waals surface area contributed by atoms with Crippen LogP contribution in [0.2, 0.25) is 0 Å². The van der Waals surface area contributed by atoms with E-state index in [2.05, 4.69) is 11.2 Å². The van der Waals surface area contributed by atoms with Gasteiger partial charge in [-0.15, -0.1) is 0 Å². The Kier molecular flexibility index (Phi) is 4.50. The maximum Gasteiger partial charge on any atom is 0.435 e. The number of aromatic nitrogens is 2. The molecule has 0 aliphatic carbocycles. The second kappa shape index (κ2) is 6.07. The van der Waals surface area contributed by atoms with Crippen LogP contribution in [0.1, 0.15) is 44.5 Å². The van der Waals surface area contributed by atoms with Gasteiger partial charge in [-0.1, -0.05) is 30.7 Å². The molecule has 0 bridgehead atoms. The molecule has 0 spiro atoms. The lowest BCUT2D eigenvalue weighted by Crippen LogP contribution is -2.28. The van der Waals surface area contributed by atoms with Crippen LogP contribution in [0.25, 0.3) is 11.3 Å². The first kappa shape index (κ1) is 17.1. The SMILES string of the molecule is CCc1c(N)c(-c2ccc(C)cc2C)nn1C(=O)OC(C)(C)C. The van der Waals surface area contributed by atoms with E-state index in [1.807, 2.05) is 53.7 Å². The van der Waals surface area contributed by atoms with Gasteiger partial charge in [0.25, 0.3) is 0 Å². The molecule has 0 aliphatic rings. The van der Waals surface area contributed by atoms with Crippen molar-refractivity contribution in [2.45, 2.75) is 53.6 Å². The summed E-state index contributed by atoms with van der Waals surface area (Å²) in [6, 6.07) is 6.08. The Bertz CT molecular complexity index is 739. The lowest BCUT2D eigenvalue weighted by atomic mass is 10.0. The zero-order valence-corrected chi connectivity index (χ0v) is 14.7. The number of nitrogen functional groups attached to an aromatic ring is 1. The monoisotopic (exact) mass is 315 g/mol. The molecule has 1 aromatic heterocycles. The zero-order chi connectivity index (χ0) is 17.4. The predicted octanol–water partition coefficient (Wildman–Crippen LogP) is 4.09. The van der Waals surface area contributed by atoms with Crippen LogP contribution in [0, 0.1) is 13.8 Å². The molecule has 0 saturated carbocycles. The summed E-state index contributed by atoms with van der Waals surface area (Å²) in [4.78, 5) is 12.4. The fraction of sp³-hybridized carbons (Fsp3) is 0.444. The van der Waals surface area contributed by atoms with Crippen molar-refractivity contribution in [2.24, 2.45) is 0 Å². The van der Waals surface area contributed by atoms with E-state index in [0.29, 0.717) is 23.5 Å². The normalized spacial score (nSPS) is 11.6. The Balaban J connectivity index is 2.53. The second-order valence-electron chi connectivity index (χ2n) is 6.77. The Labute approximate surface area is 137 Å². The van der Waals surface area contributed by atoms with Crippen molar-refractivity contribution in [3.8, 4) is 11.3 Å². The third-order valence-corrected chi connectivity index (χ3v) is 3.56. The summed E-state index contributed by atoms with van der Waals surface area (Å²) in [7, 11) is 0. The van der Waals surface area contributed by atoms with Crippen molar-refractivity contribution < 1.29 is 9.53 Å². The van der Waals surface area contributed by atoms with Crippen LogP contribution in [0.5, 0.6) is 0 Å². The number of benzene rings is 1. The van der Waals surface area contributed by atoms with E-state index in [1.54, 1.807) is 0 Å². The van der Waals surface area contributed by atoms with Gasteiger partial charge in [0.2, 0.25) is 0 Å². The standard InChI is InChI=1S/C18H25N3O2/c1-7-14-15(19)16(13-9-8-11(2)10-12(13)3)20-21(14)17(22)23-18(4,5)6/h8-10H,7,19H2,1-6H3. The summed E-state index contributed by atoms with van der Waals surface area (Å²) < 4.78 is 6.71. The Hall–Kier alpha value is -2.30. The first-order chi connectivity index (χ1) is 10.6. The first-order valence-corrected chi connectivity index (χ1v) is 7.82. The van der Waals surface area contributed by atoms with Gasteiger partial charge < -0.3 is 10.5 Å². The lowest BCUT2D eigenvalue weighted by Gasteiger charge is -2.19. The molecule has 0 unspecified atom stereocenters. The molecule has 2 aromatic rings. The number of nitrogens with two attached hydrogens (primary N) is 1. The molecule has 0 atom stereocenters. The highest BCUT2D eigenvalue weighted by Gasteiger charge is 2.24. The number of hydrogen-bond acceptors (Lipinski definition) is 4. The number of hydrogen-bond donors (Lipinski definition) is 1. The van der Waals surface area contributed by atoms with Crippen molar-refractivity contribution in [3.05, 3.63) is 35.0 Å². The van der Waals surface area contributed by atoms with Crippen molar-refractivity contribution in [2.75, 3.05) is 5.73 Å². The molecule has 5 heteroatoms. The highest BCUT2D eigenvalue weighted by atomic mass is 16.6. The molecule has 1 heterocycles. The van der Waals surface area contributed by atoms with Crippen LogP contribution in [-0.4, -0.2) is 21.5 Å². The maximum atomic E-state index is 12.4. The quantitative estimate of drug-likeness (QED) is 0.906. The average Bonchev–Trinajstić information content (AvgIpc) is 2.74. The third kappa shape index (κ3) is 3.55. The molecular formula is C18H25N3O2. The van der Waals surface area contributed by atoms with E-state index in [-0.39, 0.29) is 0 Å². The van der Waals surface area contributed by atoms with E-state index >= 15 is 0 Å². The summed E-state index contributed by atoms with van der Waals surface area (Å²) in [5.41, 5.74) is 10.7. The summed E-state index contributed by atoms with van der Waals surface area (Å²) in [5, 5.41) is 4.44. The Morgan fingerprint density at radius 2 is 1.96 bits per heavy atom. The number of anilines is 1. The highest BCUT2D eigenvalue weighted by Crippen LogP contribution is 2.31. The molecule has 124 valence electrons. The highest BCUT2D eigenvalue weighted by molar-refractivity contribution is 5.81. The fourth-order valence-corrected chi connectivity index (χ4v) is 2.54. The van der Waals surface area contributed by atoms with E-state index in [4.69, 9.17) is 10.5 Å². The molecule has 0 aliphatic heterocycles. The fourth-order valence-electron chi connectivity index (χ4n) is 2.54. The van der Waals surface area contributed by atoms with Crippen LogP contribution in [0.3, 0.4) is 0 Å². The van der Waals surface area contributed by atoms with Gasteiger partial charge in [0, 0.05) is 5.56 Å². The number of aryl methyl sites for hydroxylation is 2. The van der Waals surface area contributed by atoms with Gasteiger partial charge in [-0.2, -0.15) is 9.78 Å². The molecule has 23 heavy (non-hydrogen) atoms. The summed E-state index contributed by atoms with van der Waals surface area (Å²) >= 11 is 0. The molecule has 2 N–H and O–H groups in total. The van der Waals surface area contributed by atoms with Gasteiger partial charge >= 0.3 is 6.09 Å². The zero-order valence-electron chi connectivity index (χ0n) is 14.7. The van der Waals surface area contributed by atoms with E-state index in [9.17, 15) is 4.79 Å². The maximum absolute atomic E-state index is 12.4. The minimum atomic E-state index is -0.581. The minimum Gasteiger partial charge on any atom is -0.442 e. The van der Waals surface area contributed by atoms with Crippen LogP contribution in [0.4, 0.5) is 10.5 Å². The van der Waals surface area contributed by atoms with Crippen LogP contribution >= 0.6 is 0 Å². The summed E-state index contributed by atoms with van der Waals surface area (Å²) in [5.74, 6) is 0. The topological polar surface area (TPSA) is 70.1 Å². The predicted molar refractivity (Wildman–Crippen MR) is 92.6 cm³/mol. The van der Waals surface area contributed by atoms with Crippen molar-refractivity contribution >= 4 is 11.8 Å². The smallest absolute Gasteiger partial charge is 0.435 e. The van der Waals surface area contributed by atoms with Gasteiger partial charge in [-0.25, -0.2) is 4.79 Å². The molecule has 0 saturated heterocycles. The molecule has 5 nitrogen and oxygen atoms in total. The lowest BCUT2D eigenvalue weighted by molar-refractivity contribution is 0.0510. The average molecular weight is 315 g/mol. The van der Waals surface area contributed by atoms with Gasteiger partial charge in [0.1, 0.15) is 11.3 Å². The van der Waals surface area contributed by atoms with Gasteiger partial charge in [0.05, 0.1) is 11.4 Å². The molecular weight excluding hydrogens is 290 g/mol. The number of rotatable bonds is 2. The molecule has 0 amide bonds.